The number of hydrogen-bond donors (Lipinski definition) is 1. The highest BCUT2D eigenvalue weighted by Gasteiger charge is 2.47. The first kappa shape index (κ1) is 15.2. The first-order chi connectivity index (χ1) is 9.57. The summed E-state index contributed by atoms with van der Waals surface area (Å²) in [5.41, 5.74) is -0.979. The molecule has 2 saturated heterocycles. The second-order valence-corrected chi connectivity index (χ2v) is 5.32. The molecule has 2 aliphatic heterocycles. The zero-order valence-corrected chi connectivity index (χ0v) is 12.0. The fourth-order valence-corrected chi connectivity index (χ4v) is 2.45. The average molecular weight is 286 g/mol. The van der Waals surface area contributed by atoms with Gasteiger partial charge in [-0.15, -0.1) is 0 Å². The van der Waals surface area contributed by atoms with Crippen LogP contribution in [0.15, 0.2) is 0 Å². The Bertz CT molecular complexity index is 370. The molecule has 3 amide bonds. The predicted octanol–water partition coefficient (Wildman–Crippen LogP) is 0.486. The topological polar surface area (TPSA) is 77.1 Å². The van der Waals surface area contributed by atoms with Gasteiger partial charge in [0.25, 0.3) is 5.91 Å². The molecule has 2 atom stereocenters. The first-order valence-electron chi connectivity index (χ1n) is 6.93. The van der Waals surface area contributed by atoms with E-state index in [-0.39, 0.29) is 32.0 Å². The molecule has 2 rings (SSSR count). The van der Waals surface area contributed by atoms with Gasteiger partial charge in [0.15, 0.2) is 6.29 Å². The van der Waals surface area contributed by atoms with E-state index in [1.165, 1.54) is 12.0 Å². The molecule has 7 nitrogen and oxygen atoms in total. The van der Waals surface area contributed by atoms with Gasteiger partial charge in [-0.05, 0) is 26.2 Å². The van der Waals surface area contributed by atoms with Gasteiger partial charge in [-0.2, -0.15) is 0 Å². The number of imide groups is 1. The summed E-state index contributed by atoms with van der Waals surface area (Å²) in [4.78, 5) is 25.2. The van der Waals surface area contributed by atoms with Gasteiger partial charge in [0.1, 0.15) is 5.54 Å². The third-order valence-corrected chi connectivity index (χ3v) is 3.53. The van der Waals surface area contributed by atoms with Gasteiger partial charge in [0.2, 0.25) is 0 Å². The maximum absolute atomic E-state index is 12.2. The maximum Gasteiger partial charge on any atom is 0.325 e. The van der Waals surface area contributed by atoms with Crippen molar-refractivity contribution in [1.82, 2.24) is 10.2 Å². The summed E-state index contributed by atoms with van der Waals surface area (Å²) in [5, 5.41) is 2.65. The fourth-order valence-electron chi connectivity index (χ4n) is 2.45. The quantitative estimate of drug-likeness (QED) is 0.719. The Kier molecular flexibility index (Phi) is 4.95. The lowest BCUT2D eigenvalue weighted by Gasteiger charge is -2.24. The number of carbonyl (C=O) groups excluding carboxylic acids is 2. The van der Waals surface area contributed by atoms with Gasteiger partial charge in [0.05, 0.1) is 19.8 Å². The molecule has 7 heteroatoms. The minimum Gasteiger partial charge on any atom is -0.382 e. The molecule has 0 unspecified atom stereocenters. The molecule has 0 aromatic heterocycles. The van der Waals surface area contributed by atoms with Crippen LogP contribution in [0, 0.1) is 0 Å². The van der Waals surface area contributed by atoms with Crippen LogP contribution in [0.1, 0.15) is 26.2 Å². The Labute approximate surface area is 118 Å². The van der Waals surface area contributed by atoms with E-state index in [1.807, 2.05) is 0 Å². The van der Waals surface area contributed by atoms with Crippen molar-refractivity contribution in [2.45, 2.75) is 38.0 Å². The number of methoxy groups -OCH3 is 1. The van der Waals surface area contributed by atoms with E-state index in [1.54, 1.807) is 6.92 Å². The second-order valence-electron chi connectivity index (χ2n) is 5.32. The van der Waals surface area contributed by atoms with Gasteiger partial charge < -0.3 is 19.5 Å². The van der Waals surface area contributed by atoms with Gasteiger partial charge in [0, 0.05) is 13.7 Å². The number of nitrogens with one attached hydrogen (secondary N) is 1. The largest absolute Gasteiger partial charge is 0.382 e. The number of rotatable bonds is 6. The smallest absolute Gasteiger partial charge is 0.325 e. The molecule has 0 aromatic rings. The molecule has 2 fully saturated rings. The SMILES string of the molecule is COC[C@]1(C)NC(=O)N(CCO[C@H]2CCCCO2)C1=O. The van der Waals surface area contributed by atoms with Crippen molar-refractivity contribution in [3.05, 3.63) is 0 Å². The van der Waals surface area contributed by atoms with E-state index in [4.69, 9.17) is 14.2 Å². The zero-order valence-electron chi connectivity index (χ0n) is 12.0. The lowest BCUT2D eigenvalue weighted by molar-refractivity contribution is -0.164. The summed E-state index contributed by atoms with van der Waals surface area (Å²) < 4.78 is 16.0. The second kappa shape index (κ2) is 6.51. The zero-order chi connectivity index (χ0) is 14.6. The number of ether oxygens (including phenoxy) is 3. The van der Waals surface area contributed by atoms with Crippen molar-refractivity contribution in [3.63, 3.8) is 0 Å². The van der Waals surface area contributed by atoms with Crippen molar-refractivity contribution < 1.29 is 23.8 Å². The highest BCUT2D eigenvalue weighted by Crippen LogP contribution is 2.18. The van der Waals surface area contributed by atoms with Crippen LogP contribution < -0.4 is 5.32 Å². The monoisotopic (exact) mass is 286 g/mol. The minimum atomic E-state index is -0.979. The normalized spacial score (nSPS) is 30.7. The minimum absolute atomic E-state index is 0.153. The standard InChI is InChI=1S/C13H22N2O5/c1-13(9-18-2)11(16)15(12(17)14-13)6-8-20-10-5-3-4-7-19-10/h10H,3-9H2,1-2H3,(H,14,17)/t10-,13-/m0/s1. The van der Waals surface area contributed by atoms with Crippen molar-refractivity contribution >= 4 is 11.9 Å². The molecule has 0 radical (unpaired) electrons. The third-order valence-electron chi connectivity index (χ3n) is 3.53. The third kappa shape index (κ3) is 3.28. The molecule has 1 N–H and O–H groups in total. The molecule has 2 aliphatic rings. The van der Waals surface area contributed by atoms with Crippen LogP contribution >= 0.6 is 0 Å². The number of hydrogen-bond acceptors (Lipinski definition) is 5. The van der Waals surface area contributed by atoms with Crippen LogP contribution in [-0.4, -0.2) is 62.1 Å². The molecule has 0 bridgehead atoms. The maximum atomic E-state index is 12.2. The first-order valence-corrected chi connectivity index (χ1v) is 6.93. The average Bonchev–Trinajstić information content (AvgIpc) is 2.63. The van der Waals surface area contributed by atoms with Crippen LogP contribution in [-0.2, 0) is 19.0 Å². The number of carbonyl (C=O) groups is 2. The van der Waals surface area contributed by atoms with E-state index < -0.39 is 11.6 Å². The lowest BCUT2D eigenvalue weighted by Crippen LogP contribution is -2.48. The Balaban J connectivity index is 1.80. The Morgan fingerprint density at radius 2 is 2.25 bits per heavy atom. The highest BCUT2D eigenvalue weighted by atomic mass is 16.7. The van der Waals surface area contributed by atoms with E-state index in [9.17, 15) is 9.59 Å². The van der Waals surface area contributed by atoms with E-state index >= 15 is 0 Å². The number of amides is 3. The van der Waals surface area contributed by atoms with Gasteiger partial charge >= 0.3 is 6.03 Å². The molecule has 0 aromatic carbocycles. The van der Waals surface area contributed by atoms with E-state index in [0.717, 1.165) is 19.3 Å². The molecular formula is C13H22N2O5. The summed E-state index contributed by atoms with van der Waals surface area (Å²) in [6.45, 7) is 3.03. The Morgan fingerprint density at radius 1 is 1.45 bits per heavy atom. The molecule has 114 valence electrons. The van der Waals surface area contributed by atoms with Crippen molar-refractivity contribution in [2.24, 2.45) is 0 Å². The molecule has 20 heavy (non-hydrogen) atoms. The van der Waals surface area contributed by atoms with Crippen LogP contribution in [0.3, 0.4) is 0 Å². The number of nitrogens with zero attached hydrogens (tertiary/aromatic N) is 1. The highest BCUT2D eigenvalue weighted by molar-refractivity contribution is 6.06. The summed E-state index contributed by atoms with van der Waals surface area (Å²) in [7, 11) is 1.50. The lowest BCUT2D eigenvalue weighted by atomic mass is 10.0. The summed E-state index contributed by atoms with van der Waals surface area (Å²) in [6, 6.07) is -0.400. The van der Waals surface area contributed by atoms with Gasteiger partial charge in [-0.3, -0.25) is 9.69 Å². The Hall–Kier alpha value is -1.18. The van der Waals surface area contributed by atoms with Crippen LogP contribution in [0.25, 0.3) is 0 Å². The Morgan fingerprint density at radius 3 is 2.90 bits per heavy atom. The van der Waals surface area contributed by atoms with Crippen LogP contribution in [0.5, 0.6) is 0 Å². The molecule has 0 spiro atoms. The predicted molar refractivity (Wildman–Crippen MR) is 70.1 cm³/mol. The molecule has 0 aliphatic carbocycles. The van der Waals surface area contributed by atoms with E-state index in [0.29, 0.717) is 6.61 Å². The molecular weight excluding hydrogens is 264 g/mol. The summed E-state index contributed by atoms with van der Waals surface area (Å²) >= 11 is 0. The summed E-state index contributed by atoms with van der Waals surface area (Å²) in [5.74, 6) is -0.280. The van der Waals surface area contributed by atoms with Crippen molar-refractivity contribution in [3.8, 4) is 0 Å². The van der Waals surface area contributed by atoms with E-state index in [2.05, 4.69) is 5.32 Å². The molecule has 0 saturated carbocycles. The number of urea groups is 1. The van der Waals surface area contributed by atoms with Crippen LogP contribution in [0.4, 0.5) is 4.79 Å². The van der Waals surface area contributed by atoms with Crippen LogP contribution in [0.2, 0.25) is 0 Å². The summed E-state index contributed by atoms with van der Waals surface area (Å²) in [6.07, 6.45) is 2.79. The van der Waals surface area contributed by atoms with Crippen molar-refractivity contribution in [1.29, 1.82) is 0 Å². The molecule has 2 heterocycles. The van der Waals surface area contributed by atoms with Crippen molar-refractivity contribution in [2.75, 3.05) is 33.5 Å². The van der Waals surface area contributed by atoms with Gasteiger partial charge in [-0.25, -0.2) is 4.79 Å². The van der Waals surface area contributed by atoms with Gasteiger partial charge in [-0.1, -0.05) is 0 Å². The fraction of sp³-hybridized carbons (Fsp3) is 0.846.